The molecule has 1 aliphatic heterocycles. The minimum Gasteiger partial charge on any atom is -0.493 e. The van der Waals surface area contributed by atoms with E-state index in [1.807, 2.05) is 42.5 Å². The van der Waals surface area contributed by atoms with Gasteiger partial charge >= 0.3 is 0 Å². The van der Waals surface area contributed by atoms with Gasteiger partial charge in [-0.3, -0.25) is 4.79 Å². The predicted octanol–water partition coefficient (Wildman–Crippen LogP) is 4.02. The Morgan fingerprint density at radius 1 is 1.00 bits per heavy atom. The zero-order valence-electron chi connectivity index (χ0n) is 13.4. The number of carbonyl (C=O) groups is 1. The van der Waals surface area contributed by atoms with Gasteiger partial charge in [-0.2, -0.15) is 0 Å². The summed E-state index contributed by atoms with van der Waals surface area (Å²) in [5.74, 6) is 0.923. The fraction of sp³-hybridized carbons (Fsp3) is 0.190. The number of hydrogen-bond acceptors (Lipinski definition) is 2. The van der Waals surface area contributed by atoms with E-state index in [1.165, 1.54) is 10.8 Å². The topological polar surface area (TPSA) is 38.3 Å². The first-order chi connectivity index (χ1) is 11.8. The van der Waals surface area contributed by atoms with Gasteiger partial charge in [0.05, 0.1) is 19.1 Å². The molecule has 0 radical (unpaired) electrons. The molecule has 0 unspecified atom stereocenters. The molecule has 1 N–H and O–H groups in total. The molecule has 24 heavy (non-hydrogen) atoms. The molecule has 0 saturated heterocycles. The Labute approximate surface area is 141 Å². The van der Waals surface area contributed by atoms with Crippen molar-refractivity contribution >= 4 is 16.7 Å². The van der Waals surface area contributed by atoms with Gasteiger partial charge in [0.15, 0.2) is 0 Å². The monoisotopic (exact) mass is 317 g/mol. The first-order valence-electron chi connectivity index (χ1n) is 8.28. The van der Waals surface area contributed by atoms with Gasteiger partial charge in [0, 0.05) is 12.0 Å². The predicted molar refractivity (Wildman–Crippen MR) is 95.1 cm³/mol. The molecule has 1 aliphatic rings. The average Bonchev–Trinajstić information content (AvgIpc) is 2.62. The van der Waals surface area contributed by atoms with E-state index < -0.39 is 0 Å². The lowest BCUT2D eigenvalue weighted by atomic mass is 10.00. The van der Waals surface area contributed by atoms with Crippen LogP contribution in [-0.4, -0.2) is 12.5 Å². The Bertz CT molecular complexity index is 888. The molecular formula is C21H19NO2. The largest absolute Gasteiger partial charge is 0.493 e. The number of rotatable bonds is 3. The summed E-state index contributed by atoms with van der Waals surface area (Å²) < 4.78 is 5.65. The van der Waals surface area contributed by atoms with E-state index in [4.69, 9.17) is 4.74 Å². The number of fused-ring (bicyclic) bond motifs is 2. The second-order valence-corrected chi connectivity index (χ2v) is 6.15. The molecule has 3 heteroatoms. The van der Waals surface area contributed by atoms with E-state index in [-0.39, 0.29) is 11.9 Å². The van der Waals surface area contributed by atoms with Crippen LogP contribution in [0.1, 0.15) is 23.6 Å². The van der Waals surface area contributed by atoms with Crippen molar-refractivity contribution in [3.63, 3.8) is 0 Å². The Kier molecular flexibility index (Phi) is 3.91. The highest BCUT2D eigenvalue weighted by Crippen LogP contribution is 2.31. The normalized spacial score (nSPS) is 16.2. The summed E-state index contributed by atoms with van der Waals surface area (Å²) in [6.07, 6.45) is 1.20. The lowest BCUT2D eigenvalue weighted by Crippen LogP contribution is -2.33. The van der Waals surface area contributed by atoms with Crippen LogP contribution in [0.2, 0.25) is 0 Å². The number of hydrogen-bond donors (Lipinski definition) is 1. The molecule has 0 spiro atoms. The molecule has 0 aromatic heterocycles. The lowest BCUT2D eigenvalue weighted by Gasteiger charge is -2.26. The van der Waals surface area contributed by atoms with Gasteiger partial charge in [-0.05, 0) is 22.4 Å². The highest BCUT2D eigenvalue weighted by atomic mass is 16.5. The summed E-state index contributed by atoms with van der Waals surface area (Å²) in [5, 5.41) is 5.51. The smallest absolute Gasteiger partial charge is 0.224 e. The van der Waals surface area contributed by atoms with Crippen molar-refractivity contribution in [2.75, 3.05) is 6.61 Å². The third kappa shape index (κ3) is 2.98. The van der Waals surface area contributed by atoms with Crippen LogP contribution in [0.3, 0.4) is 0 Å². The molecule has 3 nitrogen and oxygen atoms in total. The number of carbonyl (C=O) groups excluding carboxylic acids is 1. The highest BCUT2D eigenvalue weighted by molar-refractivity contribution is 5.85. The van der Waals surface area contributed by atoms with Crippen LogP contribution in [0, 0.1) is 0 Å². The van der Waals surface area contributed by atoms with E-state index >= 15 is 0 Å². The quantitative estimate of drug-likeness (QED) is 0.792. The van der Waals surface area contributed by atoms with Gasteiger partial charge in [0.25, 0.3) is 0 Å². The minimum atomic E-state index is 0.0305. The second kappa shape index (κ2) is 6.36. The third-order valence-corrected chi connectivity index (χ3v) is 4.47. The van der Waals surface area contributed by atoms with Gasteiger partial charge in [-0.1, -0.05) is 60.7 Å². The van der Waals surface area contributed by atoms with E-state index in [9.17, 15) is 4.79 Å². The Hall–Kier alpha value is -2.81. The summed E-state index contributed by atoms with van der Waals surface area (Å²) in [4.78, 5) is 12.5. The first-order valence-corrected chi connectivity index (χ1v) is 8.28. The van der Waals surface area contributed by atoms with Crippen LogP contribution >= 0.6 is 0 Å². The molecule has 120 valence electrons. The van der Waals surface area contributed by atoms with Gasteiger partial charge in [0.2, 0.25) is 5.91 Å². The van der Waals surface area contributed by atoms with Crippen LogP contribution in [0.25, 0.3) is 10.8 Å². The van der Waals surface area contributed by atoms with Gasteiger partial charge < -0.3 is 10.1 Å². The third-order valence-electron chi connectivity index (χ3n) is 4.47. The summed E-state index contributed by atoms with van der Waals surface area (Å²) >= 11 is 0. The van der Waals surface area contributed by atoms with Gasteiger partial charge in [0.1, 0.15) is 5.75 Å². The number of amides is 1. The summed E-state index contributed by atoms with van der Waals surface area (Å²) in [6.45, 7) is 0.637. The SMILES string of the molecule is O=C(Cc1ccc2ccccc2c1)N[C@@H]1CCOc2ccccc21. The molecule has 0 aliphatic carbocycles. The maximum Gasteiger partial charge on any atom is 0.224 e. The van der Waals surface area contributed by atoms with Crippen molar-refractivity contribution in [1.29, 1.82) is 0 Å². The molecule has 4 rings (SSSR count). The number of benzene rings is 3. The lowest BCUT2D eigenvalue weighted by molar-refractivity contribution is -0.121. The van der Waals surface area contributed by atoms with Crippen LogP contribution in [0.4, 0.5) is 0 Å². The van der Waals surface area contributed by atoms with E-state index in [0.29, 0.717) is 13.0 Å². The van der Waals surface area contributed by atoms with Crippen molar-refractivity contribution in [3.8, 4) is 5.75 Å². The zero-order valence-corrected chi connectivity index (χ0v) is 13.4. The standard InChI is InChI=1S/C21H19NO2/c23-21(14-15-9-10-16-5-1-2-6-17(16)13-15)22-19-11-12-24-20-8-4-3-7-18(19)20/h1-10,13,19H,11-12,14H2,(H,22,23)/t19-/m1/s1. The van der Waals surface area contributed by atoms with Crippen LogP contribution in [0.5, 0.6) is 5.75 Å². The molecular weight excluding hydrogens is 298 g/mol. The molecule has 1 amide bonds. The van der Waals surface area contributed by atoms with Crippen LogP contribution < -0.4 is 10.1 Å². The van der Waals surface area contributed by atoms with Crippen LogP contribution in [0.15, 0.2) is 66.7 Å². The molecule has 3 aromatic rings. The minimum absolute atomic E-state index is 0.0305. The highest BCUT2D eigenvalue weighted by Gasteiger charge is 2.22. The molecule has 3 aromatic carbocycles. The Morgan fingerprint density at radius 2 is 1.79 bits per heavy atom. The Balaban J connectivity index is 1.48. The summed E-state index contributed by atoms with van der Waals surface area (Å²) in [6, 6.07) is 22.3. The zero-order chi connectivity index (χ0) is 16.4. The van der Waals surface area contributed by atoms with E-state index in [2.05, 4.69) is 29.6 Å². The molecule has 0 saturated carbocycles. The van der Waals surface area contributed by atoms with E-state index in [0.717, 1.165) is 23.3 Å². The number of para-hydroxylation sites is 1. The maximum absolute atomic E-state index is 12.5. The van der Waals surface area contributed by atoms with Gasteiger partial charge in [-0.15, -0.1) is 0 Å². The number of ether oxygens (including phenoxy) is 1. The molecule has 1 atom stereocenters. The van der Waals surface area contributed by atoms with Crippen molar-refractivity contribution < 1.29 is 9.53 Å². The van der Waals surface area contributed by atoms with Gasteiger partial charge in [-0.25, -0.2) is 0 Å². The number of nitrogens with one attached hydrogen (secondary N) is 1. The maximum atomic E-state index is 12.5. The van der Waals surface area contributed by atoms with Crippen molar-refractivity contribution in [2.24, 2.45) is 0 Å². The van der Waals surface area contributed by atoms with E-state index in [1.54, 1.807) is 0 Å². The second-order valence-electron chi connectivity index (χ2n) is 6.15. The fourth-order valence-corrected chi connectivity index (χ4v) is 3.27. The Morgan fingerprint density at radius 3 is 2.71 bits per heavy atom. The van der Waals surface area contributed by atoms with Crippen molar-refractivity contribution in [2.45, 2.75) is 18.9 Å². The fourth-order valence-electron chi connectivity index (χ4n) is 3.27. The first kappa shape index (κ1) is 14.8. The van der Waals surface area contributed by atoms with Crippen LogP contribution in [-0.2, 0) is 11.2 Å². The van der Waals surface area contributed by atoms with Crippen molar-refractivity contribution in [3.05, 3.63) is 77.9 Å². The summed E-state index contributed by atoms with van der Waals surface area (Å²) in [7, 11) is 0. The van der Waals surface area contributed by atoms with Crippen molar-refractivity contribution in [1.82, 2.24) is 5.32 Å². The summed E-state index contributed by atoms with van der Waals surface area (Å²) in [5.41, 5.74) is 2.10. The molecule has 1 heterocycles. The molecule has 0 bridgehead atoms. The molecule has 0 fully saturated rings. The average molecular weight is 317 g/mol.